The van der Waals surface area contributed by atoms with Gasteiger partial charge in [-0.05, 0) is 61.4 Å². The Bertz CT molecular complexity index is 715. The molecule has 0 heterocycles. The summed E-state index contributed by atoms with van der Waals surface area (Å²) < 4.78 is 0. The highest BCUT2D eigenvalue weighted by Crippen LogP contribution is 2.22. The van der Waals surface area contributed by atoms with Crippen LogP contribution in [0.1, 0.15) is 25.7 Å². The smallest absolute Gasteiger partial charge is 0.220 e. The molecule has 0 bridgehead atoms. The Morgan fingerprint density at radius 3 is 1.40 bits per heavy atom. The number of hydrogen-bond acceptors (Lipinski definition) is 6. The fraction of sp³-hybridized carbons (Fsp3) is 0.364. The molecule has 0 atom stereocenters. The number of aromatic hydroxyl groups is 2. The van der Waals surface area contributed by atoms with Gasteiger partial charge in [0, 0.05) is 47.2 Å². The van der Waals surface area contributed by atoms with Gasteiger partial charge in [0.1, 0.15) is 11.5 Å². The van der Waals surface area contributed by atoms with Crippen LogP contribution < -0.4 is 10.6 Å². The van der Waals surface area contributed by atoms with E-state index in [1.807, 2.05) is 24.3 Å². The minimum Gasteiger partial charge on any atom is -0.508 e. The van der Waals surface area contributed by atoms with Crippen molar-refractivity contribution < 1.29 is 19.8 Å². The van der Waals surface area contributed by atoms with Gasteiger partial charge < -0.3 is 20.8 Å². The summed E-state index contributed by atoms with van der Waals surface area (Å²) in [7, 11) is 0. The number of rotatable bonds is 13. The van der Waals surface area contributed by atoms with Crippen molar-refractivity contribution in [2.24, 2.45) is 0 Å². The Kier molecular flexibility index (Phi) is 11.0. The Balaban J connectivity index is 1.42. The summed E-state index contributed by atoms with van der Waals surface area (Å²) in [5, 5.41) is 24.3. The Labute approximate surface area is 185 Å². The summed E-state index contributed by atoms with van der Waals surface area (Å²) in [6.45, 7) is 1.21. The normalized spacial score (nSPS) is 10.5. The number of carbonyl (C=O) groups is 2. The molecule has 0 aromatic heterocycles. The minimum atomic E-state index is 0.0246. The van der Waals surface area contributed by atoms with Crippen LogP contribution in [0.3, 0.4) is 0 Å². The molecule has 2 aromatic rings. The van der Waals surface area contributed by atoms with Crippen molar-refractivity contribution in [2.75, 3.05) is 24.6 Å². The Morgan fingerprint density at radius 1 is 0.667 bits per heavy atom. The van der Waals surface area contributed by atoms with Gasteiger partial charge >= 0.3 is 0 Å². The third-order valence-electron chi connectivity index (χ3n) is 4.12. The number of hydrogen-bond donors (Lipinski definition) is 4. The lowest BCUT2D eigenvalue weighted by Crippen LogP contribution is -2.27. The van der Waals surface area contributed by atoms with Gasteiger partial charge in [-0.3, -0.25) is 9.59 Å². The van der Waals surface area contributed by atoms with Crippen LogP contribution in [-0.4, -0.2) is 46.6 Å². The third kappa shape index (κ3) is 10.5. The van der Waals surface area contributed by atoms with Crippen LogP contribution in [0.15, 0.2) is 58.3 Å². The van der Waals surface area contributed by atoms with E-state index in [-0.39, 0.29) is 23.3 Å². The van der Waals surface area contributed by atoms with Crippen LogP contribution in [0, 0.1) is 0 Å². The predicted octanol–water partition coefficient (Wildman–Crippen LogP) is 3.78. The molecule has 0 saturated carbocycles. The van der Waals surface area contributed by atoms with E-state index in [0.29, 0.717) is 37.4 Å². The van der Waals surface area contributed by atoms with E-state index in [4.69, 9.17) is 0 Å². The SMILES string of the molecule is O=C(CCSc1ccc(O)cc1)NCCCCNC(=O)CCSc1ccc(O)cc1. The van der Waals surface area contributed by atoms with Gasteiger partial charge in [-0.2, -0.15) is 0 Å². The van der Waals surface area contributed by atoms with Crippen LogP contribution in [-0.2, 0) is 9.59 Å². The molecular formula is C22H28N2O4S2. The zero-order chi connectivity index (χ0) is 21.6. The maximum absolute atomic E-state index is 11.8. The number of carbonyl (C=O) groups excluding carboxylic acids is 2. The molecule has 2 rings (SSSR count). The van der Waals surface area contributed by atoms with Crippen molar-refractivity contribution in [2.45, 2.75) is 35.5 Å². The maximum atomic E-state index is 11.8. The molecule has 0 aliphatic carbocycles. The monoisotopic (exact) mass is 448 g/mol. The molecular weight excluding hydrogens is 420 g/mol. The lowest BCUT2D eigenvalue weighted by Gasteiger charge is -2.07. The maximum Gasteiger partial charge on any atom is 0.220 e. The van der Waals surface area contributed by atoms with Crippen LogP contribution in [0.5, 0.6) is 11.5 Å². The first-order valence-electron chi connectivity index (χ1n) is 9.90. The quantitative estimate of drug-likeness (QED) is 0.275. The van der Waals surface area contributed by atoms with Gasteiger partial charge in [-0.1, -0.05) is 0 Å². The highest BCUT2D eigenvalue weighted by Gasteiger charge is 2.04. The van der Waals surface area contributed by atoms with E-state index in [1.165, 1.54) is 0 Å². The molecule has 6 nitrogen and oxygen atoms in total. The van der Waals surface area contributed by atoms with Crippen LogP contribution >= 0.6 is 23.5 Å². The molecule has 2 aromatic carbocycles. The molecule has 0 fully saturated rings. The second-order valence-electron chi connectivity index (χ2n) is 6.59. The van der Waals surface area contributed by atoms with Gasteiger partial charge in [-0.15, -0.1) is 23.5 Å². The van der Waals surface area contributed by atoms with Gasteiger partial charge in [0.25, 0.3) is 0 Å². The van der Waals surface area contributed by atoms with Crippen molar-refractivity contribution in [3.63, 3.8) is 0 Å². The topological polar surface area (TPSA) is 98.7 Å². The van der Waals surface area contributed by atoms with E-state index >= 15 is 0 Å². The Morgan fingerprint density at radius 2 is 1.03 bits per heavy atom. The Hall–Kier alpha value is -2.32. The molecule has 0 aliphatic heterocycles. The van der Waals surface area contributed by atoms with E-state index < -0.39 is 0 Å². The zero-order valence-corrected chi connectivity index (χ0v) is 18.4. The zero-order valence-electron chi connectivity index (χ0n) is 16.8. The number of unbranched alkanes of at least 4 members (excludes halogenated alkanes) is 1. The van der Waals surface area contributed by atoms with Crippen molar-refractivity contribution >= 4 is 35.3 Å². The van der Waals surface area contributed by atoms with Crippen LogP contribution in [0.25, 0.3) is 0 Å². The third-order valence-corrected chi connectivity index (χ3v) is 6.14. The van der Waals surface area contributed by atoms with Crippen molar-refractivity contribution in [1.82, 2.24) is 10.6 Å². The van der Waals surface area contributed by atoms with E-state index in [9.17, 15) is 19.8 Å². The molecule has 0 spiro atoms. The van der Waals surface area contributed by atoms with Gasteiger partial charge in [0.2, 0.25) is 11.8 Å². The average molecular weight is 449 g/mol. The molecule has 30 heavy (non-hydrogen) atoms. The molecule has 0 saturated heterocycles. The van der Waals surface area contributed by atoms with Gasteiger partial charge in [-0.25, -0.2) is 0 Å². The summed E-state index contributed by atoms with van der Waals surface area (Å²) >= 11 is 3.16. The summed E-state index contributed by atoms with van der Waals surface area (Å²) in [5.74, 6) is 1.90. The molecule has 4 N–H and O–H groups in total. The summed E-state index contributed by atoms with van der Waals surface area (Å²) in [5.41, 5.74) is 0. The number of amides is 2. The first kappa shape index (κ1) is 24.0. The molecule has 162 valence electrons. The van der Waals surface area contributed by atoms with Crippen molar-refractivity contribution in [3.8, 4) is 11.5 Å². The number of phenols is 2. The van der Waals surface area contributed by atoms with Crippen LogP contribution in [0.2, 0.25) is 0 Å². The summed E-state index contributed by atoms with van der Waals surface area (Å²) in [6, 6.07) is 13.9. The summed E-state index contributed by atoms with van der Waals surface area (Å²) in [4.78, 5) is 25.7. The lowest BCUT2D eigenvalue weighted by molar-refractivity contribution is -0.121. The minimum absolute atomic E-state index is 0.0246. The number of benzene rings is 2. The highest BCUT2D eigenvalue weighted by molar-refractivity contribution is 7.99. The van der Waals surface area contributed by atoms with Crippen LogP contribution in [0.4, 0.5) is 0 Å². The first-order valence-corrected chi connectivity index (χ1v) is 11.9. The molecule has 0 aliphatic rings. The number of nitrogens with one attached hydrogen (secondary N) is 2. The van der Waals surface area contributed by atoms with E-state index in [1.54, 1.807) is 47.8 Å². The lowest BCUT2D eigenvalue weighted by atomic mass is 10.3. The molecule has 0 unspecified atom stereocenters. The highest BCUT2D eigenvalue weighted by atomic mass is 32.2. The second-order valence-corrected chi connectivity index (χ2v) is 8.93. The molecule has 8 heteroatoms. The first-order chi connectivity index (χ1) is 14.5. The van der Waals surface area contributed by atoms with Gasteiger partial charge in [0.05, 0.1) is 0 Å². The van der Waals surface area contributed by atoms with Gasteiger partial charge in [0.15, 0.2) is 0 Å². The predicted molar refractivity (Wildman–Crippen MR) is 122 cm³/mol. The fourth-order valence-electron chi connectivity index (χ4n) is 2.49. The summed E-state index contributed by atoms with van der Waals surface area (Å²) in [6.07, 6.45) is 2.53. The average Bonchev–Trinajstić information content (AvgIpc) is 2.73. The number of phenolic OH excluding ortho intramolecular Hbond substituents is 2. The molecule has 0 radical (unpaired) electrons. The van der Waals surface area contributed by atoms with E-state index in [0.717, 1.165) is 22.6 Å². The van der Waals surface area contributed by atoms with Crippen molar-refractivity contribution in [3.05, 3.63) is 48.5 Å². The van der Waals surface area contributed by atoms with Crippen molar-refractivity contribution in [1.29, 1.82) is 0 Å². The number of thioether (sulfide) groups is 2. The van der Waals surface area contributed by atoms with E-state index in [2.05, 4.69) is 10.6 Å². The molecule has 2 amide bonds. The largest absolute Gasteiger partial charge is 0.508 e. The standard InChI is InChI=1S/C22H28N2O4S2/c25-17-3-7-19(8-4-17)29-15-11-21(27)23-13-1-2-14-24-22(28)12-16-30-20-9-5-18(26)6-10-20/h3-10,25-26H,1-2,11-16H2,(H,23,27)(H,24,28). The second kappa shape index (κ2) is 13.8. The fourth-order valence-corrected chi connectivity index (χ4v) is 4.19.